The van der Waals surface area contributed by atoms with Crippen LogP contribution in [0.2, 0.25) is 0 Å². The summed E-state index contributed by atoms with van der Waals surface area (Å²) in [5.41, 5.74) is 7.06. The number of rotatable bonds is 8. The van der Waals surface area contributed by atoms with Crippen LogP contribution in [0.15, 0.2) is 50.6 Å². The minimum absolute atomic E-state index is 0.127. The third kappa shape index (κ3) is 5.02. The molecule has 0 atom stereocenters. The number of carbonyl (C=O) groups excluding carboxylic acids is 2. The van der Waals surface area contributed by atoms with E-state index < -0.39 is 5.91 Å². The zero-order valence-corrected chi connectivity index (χ0v) is 17.4. The van der Waals surface area contributed by atoms with Crippen molar-refractivity contribution >= 4 is 45.2 Å². The molecule has 0 bridgehead atoms. The zero-order chi connectivity index (χ0) is 20.1. The number of nitrogens with two attached hydrogens (primary N) is 1. The first kappa shape index (κ1) is 20.2. The summed E-state index contributed by atoms with van der Waals surface area (Å²) in [7, 11) is 0. The number of aromatic nitrogens is 3. The molecule has 0 aliphatic rings. The second-order valence-corrected chi connectivity index (χ2v) is 7.77. The van der Waals surface area contributed by atoms with E-state index in [0.29, 0.717) is 29.0 Å². The summed E-state index contributed by atoms with van der Waals surface area (Å²) in [6, 6.07) is 9.18. The zero-order valence-electron chi connectivity index (χ0n) is 15.0. The van der Waals surface area contributed by atoms with Crippen molar-refractivity contribution in [2.75, 3.05) is 11.1 Å². The van der Waals surface area contributed by atoms with Gasteiger partial charge < -0.3 is 15.5 Å². The van der Waals surface area contributed by atoms with Gasteiger partial charge in [-0.05, 0) is 52.7 Å². The van der Waals surface area contributed by atoms with Gasteiger partial charge in [-0.15, -0.1) is 10.2 Å². The largest absolute Gasteiger partial charge is 0.461 e. The SMILES string of the molecule is Cc1ccc(NC(=O)CSc2nnc(-c3ccco3)n2CCC(N)=O)c(Br)c1. The lowest BCUT2D eigenvalue weighted by atomic mass is 10.2. The van der Waals surface area contributed by atoms with Crippen molar-refractivity contribution in [3.05, 3.63) is 46.6 Å². The molecule has 0 aliphatic carbocycles. The third-order valence-electron chi connectivity index (χ3n) is 3.77. The van der Waals surface area contributed by atoms with Crippen LogP contribution in [-0.2, 0) is 16.1 Å². The van der Waals surface area contributed by atoms with Crippen LogP contribution in [0.5, 0.6) is 0 Å². The fourth-order valence-electron chi connectivity index (χ4n) is 2.45. The van der Waals surface area contributed by atoms with Gasteiger partial charge in [-0.2, -0.15) is 0 Å². The predicted octanol–water partition coefficient (Wildman–Crippen LogP) is 3.22. The maximum Gasteiger partial charge on any atom is 0.234 e. The van der Waals surface area contributed by atoms with Gasteiger partial charge in [-0.1, -0.05) is 17.8 Å². The van der Waals surface area contributed by atoms with Crippen LogP contribution in [0.3, 0.4) is 0 Å². The van der Waals surface area contributed by atoms with Crippen molar-refractivity contribution in [2.45, 2.75) is 25.0 Å². The van der Waals surface area contributed by atoms with Crippen LogP contribution in [0.25, 0.3) is 11.6 Å². The molecular weight excluding hydrogens is 446 g/mol. The van der Waals surface area contributed by atoms with Gasteiger partial charge in [0.05, 0.1) is 17.7 Å². The smallest absolute Gasteiger partial charge is 0.234 e. The Kier molecular flexibility index (Phi) is 6.53. The summed E-state index contributed by atoms with van der Waals surface area (Å²) in [4.78, 5) is 23.5. The second kappa shape index (κ2) is 9.07. The number of primary amides is 1. The lowest BCUT2D eigenvalue weighted by molar-refractivity contribution is -0.118. The lowest BCUT2D eigenvalue weighted by Gasteiger charge is -2.09. The van der Waals surface area contributed by atoms with E-state index in [1.165, 1.54) is 18.0 Å². The lowest BCUT2D eigenvalue weighted by Crippen LogP contribution is -2.16. The summed E-state index contributed by atoms with van der Waals surface area (Å²) < 4.78 is 7.92. The molecule has 0 unspecified atom stereocenters. The molecule has 0 fully saturated rings. The number of furan rings is 1. The first-order valence-electron chi connectivity index (χ1n) is 8.38. The van der Waals surface area contributed by atoms with Crippen molar-refractivity contribution in [3.63, 3.8) is 0 Å². The van der Waals surface area contributed by atoms with Crippen molar-refractivity contribution in [2.24, 2.45) is 5.73 Å². The summed E-state index contributed by atoms with van der Waals surface area (Å²) >= 11 is 4.66. The maximum absolute atomic E-state index is 12.3. The molecule has 2 amide bonds. The van der Waals surface area contributed by atoms with Gasteiger partial charge in [-0.25, -0.2) is 0 Å². The van der Waals surface area contributed by atoms with Gasteiger partial charge >= 0.3 is 0 Å². The number of halogens is 1. The Balaban J connectivity index is 1.70. The van der Waals surface area contributed by atoms with Crippen molar-refractivity contribution in [3.8, 4) is 11.6 Å². The predicted molar refractivity (Wildman–Crippen MR) is 110 cm³/mol. The molecule has 8 nitrogen and oxygen atoms in total. The Labute approximate surface area is 174 Å². The molecule has 0 saturated heterocycles. The Bertz CT molecular complexity index is 987. The Hall–Kier alpha value is -2.59. The number of carbonyl (C=O) groups is 2. The quantitative estimate of drug-likeness (QED) is 0.495. The van der Waals surface area contributed by atoms with E-state index in [0.717, 1.165) is 10.0 Å². The van der Waals surface area contributed by atoms with Crippen LogP contribution in [0, 0.1) is 6.92 Å². The number of thioether (sulfide) groups is 1. The van der Waals surface area contributed by atoms with Gasteiger partial charge in [0.25, 0.3) is 0 Å². The van der Waals surface area contributed by atoms with Gasteiger partial charge in [-0.3, -0.25) is 14.2 Å². The number of hydrogen-bond acceptors (Lipinski definition) is 6. The first-order chi connectivity index (χ1) is 13.4. The van der Waals surface area contributed by atoms with Gasteiger partial charge in [0.2, 0.25) is 11.8 Å². The number of amides is 2. The molecule has 1 aromatic carbocycles. The average Bonchev–Trinajstić information content (AvgIpc) is 3.29. The molecule has 0 radical (unpaired) electrons. The molecule has 2 aromatic heterocycles. The van der Waals surface area contributed by atoms with E-state index in [-0.39, 0.29) is 18.1 Å². The van der Waals surface area contributed by atoms with Crippen LogP contribution in [0.1, 0.15) is 12.0 Å². The van der Waals surface area contributed by atoms with Crippen molar-refractivity contribution in [1.82, 2.24) is 14.8 Å². The summed E-state index contributed by atoms with van der Waals surface area (Å²) in [6.07, 6.45) is 1.66. The Morgan fingerprint density at radius 1 is 1.32 bits per heavy atom. The molecular formula is C18H18BrN5O3S. The number of anilines is 1. The maximum atomic E-state index is 12.3. The summed E-state index contributed by atoms with van der Waals surface area (Å²) in [5, 5.41) is 11.6. The third-order valence-corrected chi connectivity index (χ3v) is 5.39. The van der Waals surface area contributed by atoms with E-state index in [9.17, 15) is 9.59 Å². The van der Waals surface area contributed by atoms with Crippen LogP contribution in [-0.4, -0.2) is 32.3 Å². The molecule has 28 heavy (non-hydrogen) atoms. The highest BCUT2D eigenvalue weighted by molar-refractivity contribution is 9.10. The first-order valence-corrected chi connectivity index (χ1v) is 10.2. The van der Waals surface area contributed by atoms with Gasteiger partial charge in [0, 0.05) is 17.4 Å². The Morgan fingerprint density at radius 3 is 2.82 bits per heavy atom. The van der Waals surface area contributed by atoms with Gasteiger partial charge in [0.1, 0.15) is 0 Å². The van der Waals surface area contributed by atoms with Crippen molar-refractivity contribution < 1.29 is 14.0 Å². The fourth-order valence-corrected chi connectivity index (χ4v) is 3.80. The topological polar surface area (TPSA) is 116 Å². The number of nitrogens with one attached hydrogen (secondary N) is 1. The van der Waals surface area contributed by atoms with E-state index in [1.54, 1.807) is 16.7 Å². The van der Waals surface area contributed by atoms with Gasteiger partial charge in [0.15, 0.2) is 16.7 Å². The molecule has 3 rings (SSSR count). The minimum atomic E-state index is -0.433. The number of benzene rings is 1. The molecule has 146 valence electrons. The van der Waals surface area contributed by atoms with E-state index in [1.807, 2.05) is 25.1 Å². The Morgan fingerprint density at radius 2 is 2.14 bits per heavy atom. The van der Waals surface area contributed by atoms with E-state index >= 15 is 0 Å². The molecule has 2 heterocycles. The number of nitrogens with zero attached hydrogens (tertiary/aromatic N) is 3. The minimum Gasteiger partial charge on any atom is -0.461 e. The molecule has 3 N–H and O–H groups in total. The fraction of sp³-hybridized carbons (Fsp3) is 0.222. The highest BCUT2D eigenvalue weighted by Crippen LogP contribution is 2.26. The second-order valence-electron chi connectivity index (χ2n) is 5.97. The molecule has 0 spiro atoms. The standard InChI is InChI=1S/C18H18BrN5O3S/c1-11-4-5-13(12(19)9-11)21-16(26)10-28-18-23-22-17(14-3-2-8-27-14)24(18)7-6-15(20)25/h2-5,8-9H,6-7,10H2,1H3,(H2,20,25)(H,21,26). The van der Waals surface area contributed by atoms with Crippen LogP contribution < -0.4 is 11.1 Å². The highest BCUT2D eigenvalue weighted by Gasteiger charge is 2.18. The number of hydrogen-bond donors (Lipinski definition) is 2. The molecule has 0 saturated carbocycles. The molecule has 10 heteroatoms. The normalized spacial score (nSPS) is 10.8. The van der Waals surface area contributed by atoms with Crippen LogP contribution >= 0.6 is 27.7 Å². The highest BCUT2D eigenvalue weighted by atomic mass is 79.9. The van der Waals surface area contributed by atoms with E-state index in [2.05, 4.69) is 31.4 Å². The molecule has 3 aromatic rings. The average molecular weight is 464 g/mol. The summed E-state index contributed by atoms with van der Waals surface area (Å²) in [5.74, 6) is 0.524. The van der Waals surface area contributed by atoms with Crippen molar-refractivity contribution in [1.29, 1.82) is 0 Å². The summed E-state index contributed by atoms with van der Waals surface area (Å²) in [6.45, 7) is 2.27. The van der Waals surface area contributed by atoms with Crippen LogP contribution in [0.4, 0.5) is 5.69 Å². The van der Waals surface area contributed by atoms with E-state index in [4.69, 9.17) is 10.2 Å². The molecule has 0 aliphatic heterocycles. The number of aryl methyl sites for hydroxylation is 1. The monoisotopic (exact) mass is 463 g/mol.